The van der Waals surface area contributed by atoms with E-state index in [0.29, 0.717) is 13.2 Å². The highest BCUT2D eigenvalue weighted by molar-refractivity contribution is 5.86. The minimum Gasteiger partial charge on any atom is -0.494 e. The number of rotatable bonds is 8. The lowest BCUT2D eigenvalue weighted by molar-refractivity contribution is 0.302. The summed E-state index contributed by atoms with van der Waals surface area (Å²) in [5, 5.41) is 1.15. The maximum absolute atomic E-state index is 6.07. The first-order valence-corrected chi connectivity index (χ1v) is 9.74. The number of hydrogen-bond acceptors (Lipinski definition) is 2. The monoisotopic (exact) mass is 371 g/mol. The van der Waals surface area contributed by atoms with Crippen molar-refractivity contribution >= 4 is 10.9 Å². The Morgan fingerprint density at radius 3 is 2.43 bits per heavy atom. The molecule has 0 aliphatic carbocycles. The average Bonchev–Trinajstić information content (AvgIpc) is 3.15. The van der Waals surface area contributed by atoms with Crippen LogP contribution >= 0.6 is 0 Å². The number of ether oxygens (including phenoxy) is 2. The Bertz CT molecular complexity index is 1020. The summed E-state index contributed by atoms with van der Waals surface area (Å²) in [6, 6.07) is 26.8. The maximum atomic E-state index is 6.07. The number of hydrogen-bond donors (Lipinski definition) is 0. The molecule has 0 radical (unpaired) electrons. The van der Waals surface area contributed by atoms with Crippen LogP contribution in [0, 0.1) is 6.92 Å². The SMILES string of the molecule is Cc1ccc(OCCCn2ccc3c(OCc4ccccc4)cccc32)cc1. The Hall–Kier alpha value is -3.20. The molecule has 0 N–H and O–H groups in total. The molecule has 0 fully saturated rings. The Morgan fingerprint density at radius 1 is 0.786 bits per heavy atom. The third-order valence-corrected chi connectivity index (χ3v) is 4.84. The van der Waals surface area contributed by atoms with E-state index in [1.807, 2.05) is 36.4 Å². The van der Waals surface area contributed by atoms with Crippen LogP contribution in [-0.4, -0.2) is 11.2 Å². The van der Waals surface area contributed by atoms with Gasteiger partial charge in [0.25, 0.3) is 0 Å². The van der Waals surface area contributed by atoms with Crippen LogP contribution in [0.3, 0.4) is 0 Å². The quantitative estimate of drug-likeness (QED) is 0.355. The van der Waals surface area contributed by atoms with Gasteiger partial charge in [-0.15, -0.1) is 0 Å². The molecule has 0 amide bonds. The maximum Gasteiger partial charge on any atom is 0.129 e. The van der Waals surface area contributed by atoms with Crippen molar-refractivity contribution in [1.82, 2.24) is 4.57 Å². The molecule has 0 unspecified atom stereocenters. The van der Waals surface area contributed by atoms with E-state index in [9.17, 15) is 0 Å². The Morgan fingerprint density at radius 2 is 1.61 bits per heavy atom. The predicted molar refractivity (Wildman–Crippen MR) is 114 cm³/mol. The molecule has 4 rings (SSSR count). The highest BCUT2D eigenvalue weighted by Crippen LogP contribution is 2.27. The van der Waals surface area contributed by atoms with Crippen LogP contribution in [0.2, 0.25) is 0 Å². The fraction of sp³-hybridized carbons (Fsp3) is 0.200. The van der Waals surface area contributed by atoms with Crippen LogP contribution in [0.4, 0.5) is 0 Å². The van der Waals surface area contributed by atoms with Crippen molar-refractivity contribution in [2.24, 2.45) is 0 Å². The van der Waals surface area contributed by atoms with Gasteiger partial charge in [-0.3, -0.25) is 0 Å². The molecule has 0 saturated heterocycles. The van der Waals surface area contributed by atoms with Crippen LogP contribution in [0.1, 0.15) is 17.5 Å². The van der Waals surface area contributed by atoms with E-state index in [2.05, 4.69) is 60.2 Å². The molecule has 3 nitrogen and oxygen atoms in total. The summed E-state index contributed by atoms with van der Waals surface area (Å²) in [6.45, 7) is 4.28. The van der Waals surface area contributed by atoms with Gasteiger partial charge in [0.05, 0.1) is 12.1 Å². The lowest BCUT2D eigenvalue weighted by Crippen LogP contribution is -2.03. The number of fused-ring (bicyclic) bond motifs is 1. The molecular weight excluding hydrogens is 346 g/mol. The fourth-order valence-electron chi connectivity index (χ4n) is 3.31. The Labute approximate surface area is 166 Å². The molecule has 3 heteroatoms. The zero-order valence-corrected chi connectivity index (χ0v) is 16.2. The van der Waals surface area contributed by atoms with Gasteiger partial charge in [-0.1, -0.05) is 54.1 Å². The predicted octanol–water partition coefficient (Wildman–Crippen LogP) is 6.00. The largest absolute Gasteiger partial charge is 0.494 e. The van der Waals surface area contributed by atoms with Crippen molar-refractivity contribution in [3.05, 3.63) is 96.2 Å². The third kappa shape index (κ3) is 4.37. The van der Waals surface area contributed by atoms with E-state index in [4.69, 9.17) is 9.47 Å². The zero-order valence-electron chi connectivity index (χ0n) is 16.2. The number of aryl methyl sites for hydroxylation is 2. The van der Waals surface area contributed by atoms with Gasteiger partial charge in [0, 0.05) is 18.1 Å². The van der Waals surface area contributed by atoms with Gasteiger partial charge in [-0.25, -0.2) is 0 Å². The second-order valence-electron chi connectivity index (χ2n) is 6.99. The molecule has 28 heavy (non-hydrogen) atoms. The summed E-state index contributed by atoms with van der Waals surface area (Å²) < 4.78 is 14.2. The van der Waals surface area contributed by atoms with Crippen molar-refractivity contribution in [2.45, 2.75) is 26.5 Å². The normalized spacial score (nSPS) is 10.9. The summed E-state index contributed by atoms with van der Waals surface area (Å²) in [6.07, 6.45) is 3.08. The zero-order chi connectivity index (χ0) is 19.2. The number of aromatic nitrogens is 1. The topological polar surface area (TPSA) is 23.4 Å². The average molecular weight is 371 g/mol. The lowest BCUT2D eigenvalue weighted by Gasteiger charge is -2.10. The summed E-state index contributed by atoms with van der Waals surface area (Å²) in [4.78, 5) is 0. The molecule has 0 aliphatic heterocycles. The van der Waals surface area contributed by atoms with E-state index in [0.717, 1.165) is 29.9 Å². The van der Waals surface area contributed by atoms with Gasteiger partial charge < -0.3 is 14.0 Å². The Balaban J connectivity index is 1.36. The first-order chi connectivity index (χ1) is 13.8. The van der Waals surface area contributed by atoms with Crippen molar-refractivity contribution in [3.8, 4) is 11.5 Å². The highest BCUT2D eigenvalue weighted by atomic mass is 16.5. The van der Waals surface area contributed by atoms with Gasteiger partial charge in [0.2, 0.25) is 0 Å². The first-order valence-electron chi connectivity index (χ1n) is 9.74. The third-order valence-electron chi connectivity index (χ3n) is 4.84. The van der Waals surface area contributed by atoms with Crippen molar-refractivity contribution in [2.75, 3.05) is 6.61 Å². The molecule has 1 heterocycles. The molecule has 0 saturated carbocycles. The first kappa shape index (κ1) is 18.2. The van der Waals surface area contributed by atoms with Gasteiger partial charge in [-0.2, -0.15) is 0 Å². The second kappa shape index (κ2) is 8.66. The van der Waals surface area contributed by atoms with E-state index >= 15 is 0 Å². The smallest absolute Gasteiger partial charge is 0.129 e. The number of nitrogens with zero attached hydrogens (tertiary/aromatic N) is 1. The molecule has 4 aromatic rings. The minimum atomic E-state index is 0.579. The number of benzene rings is 3. The lowest BCUT2D eigenvalue weighted by atomic mass is 10.2. The van der Waals surface area contributed by atoms with Gasteiger partial charge in [0.1, 0.15) is 18.1 Å². The second-order valence-corrected chi connectivity index (χ2v) is 6.99. The molecule has 1 aromatic heterocycles. The van der Waals surface area contributed by atoms with Gasteiger partial charge in [0.15, 0.2) is 0 Å². The van der Waals surface area contributed by atoms with E-state index in [-0.39, 0.29) is 0 Å². The molecule has 0 bridgehead atoms. The summed E-state index contributed by atoms with van der Waals surface area (Å²) in [7, 11) is 0. The van der Waals surface area contributed by atoms with Crippen molar-refractivity contribution in [3.63, 3.8) is 0 Å². The molecule has 0 aliphatic rings. The van der Waals surface area contributed by atoms with Crippen molar-refractivity contribution < 1.29 is 9.47 Å². The van der Waals surface area contributed by atoms with Gasteiger partial charge in [-0.05, 0) is 49.2 Å². The van der Waals surface area contributed by atoms with Crippen LogP contribution in [0.25, 0.3) is 10.9 Å². The van der Waals surface area contributed by atoms with Crippen LogP contribution in [0.15, 0.2) is 85.1 Å². The fourth-order valence-corrected chi connectivity index (χ4v) is 3.31. The molecule has 0 spiro atoms. The van der Waals surface area contributed by atoms with Gasteiger partial charge >= 0.3 is 0 Å². The Kier molecular flexibility index (Phi) is 5.62. The standard InChI is InChI=1S/C25H25NO2/c1-20-11-13-22(14-12-20)27-18-6-16-26-17-15-23-24(26)9-5-10-25(23)28-19-21-7-3-2-4-8-21/h2-5,7-15,17H,6,16,18-19H2,1H3. The van der Waals surface area contributed by atoms with Crippen LogP contribution in [0.5, 0.6) is 11.5 Å². The summed E-state index contributed by atoms with van der Waals surface area (Å²) in [5.41, 5.74) is 3.62. The molecule has 142 valence electrons. The minimum absolute atomic E-state index is 0.579. The van der Waals surface area contributed by atoms with Crippen LogP contribution < -0.4 is 9.47 Å². The van der Waals surface area contributed by atoms with Crippen molar-refractivity contribution in [1.29, 1.82) is 0 Å². The summed E-state index contributed by atoms with van der Waals surface area (Å²) in [5.74, 6) is 1.86. The molecule has 0 atom stereocenters. The molecule has 3 aromatic carbocycles. The molecular formula is C25H25NO2. The van der Waals surface area contributed by atoms with E-state index in [1.54, 1.807) is 0 Å². The highest BCUT2D eigenvalue weighted by Gasteiger charge is 2.07. The van der Waals surface area contributed by atoms with E-state index < -0.39 is 0 Å². The summed E-state index contributed by atoms with van der Waals surface area (Å²) >= 11 is 0. The van der Waals surface area contributed by atoms with E-state index in [1.165, 1.54) is 16.6 Å². The van der Waals surface area contributed by atoms with Crippen LogP contribution in [-0.2, 0) is 13.2 Å².